The van der Waals surface area contributed by atoms with E-state index in [2.05, 4.69) is 15.7 Å². The highest BCUT2D eigenvalue weighted by Gasteiger charge is 1.88. The van der Waals surface area contributed by atoms with Gasteiger partial charge in [-0.05, 0) is 12.3 Å². The molecule has 3 heteroatoms. The van der Waals surface area contributed by atoms with Crippen molar-refractivity contribution in [2.45, 2.75) is 0 Å². The van der Waals surface area contributed by atoms with Gasteiger partial charge in [-0.2, -0.15) is 0 Å². The van der Waals surface area contributed by atoms with Crippen LogP contribution in [-0.2, 0) is 0 Å². The van der Waals surface area contributed by atoms with Crippen LogP contribution in [0.25, 0.3) is 0 Å². The predicted octanol–water partition coefficient (Wildman–Crippen LogP) is 1.50. The lowest BCUT2D eigenvalue weighted by Gasteiger charge is -1.92. The smallest absolute Gasteiger partial charge is 0.130 e. The third kappa shape index (κ3) is 2.21. The Balaban J connectivity index is 2.76. The number of rotatable bonds is 0. The molecule has 1 heterocycles. The van der Waals surface area contributed by atoms with E-state index in [1.54, 1.807) is 24.1 Å². The molecule has 0 fully saturated rings. The van der Waals surface area contributed by atoms with Crippen LogP contribution in [0.15, 0.2) is 27.9 Å². The van der Waals surface area contributed by atoms with E-state index in [0.29, 0.717) is 6.67 Å². The van der Waals surface area contributed by atoms with Crippen LogP contribution in [0.2, 0.25) is 0 Å². The molecule has 0 saturated carbocycles. The molecule has 0 atom stereocenters. The second kappa shape index (κ2) is 4.09. The molecular formula is C7H8N2S. The van der Waals surface area contributed by atoms with Crippen molar-refractivity contribution < 1.29 is 0 Å². The fourth-order valence-electron chi connectivity index (χ4n) is 0.542. The quantitative estimate of drug-likeness (QED) is 0.483. The third-order valence-electron chi connectivity index (χ3n) is 1.00. The molecule has 0 saturated heterocycles. The van der Waals surface area contributed by atoms with Gasteiger partial charge in [0.1, 0.15) is 11.7 Å². The van der Waals surface area contributed by atoms with Gasteiger partial charge in [0.25, 0.3) is 0 Å². The predicted molar refractivity (Wildman–Crippen MR) is 47.0 cm³/mol. The largest absolute Gasteiger partial charge is 0.269 e. The minimum atomic E-state index is 0.533. The van der Waals surface area contributed by atoms with Gasteiger partial charge in [-0.3, -0.25) is 9.98 Å². The molecule has 0 bridgehead atoms. The summed E-state index contributed by atoms with van der Waals surface area (Å²) in [6.45, 7) is 0.533. The number of nitrogens with zero attached hydrogens (tertiary/aromatic N) is 2. The first kappa shape index (κ1) is 7.32. The molecule has 0 aromatic carbocycles. The topological polar surface area (TPSA) is 24.7 Å². The summed E-state index contributed by atoms with van der Waals surface area (Å²) in [6.07, 6.45) is 7.33. The van der Waals surface area contributed by atoms with E-state index in [9.17, 15) is 0 Å². The standard InChI is InChI=1S/C7H8N2S/c1-10-7-4-2-3-5-8-6-9-7/h3-5H,6H2,1H3/b8-5-,9-7+. The lowest BCUT2D eigenvalue weighted by molar-refractivity contribution is 1.08. The first-order valence-electron chi connectivity index (χ1n) is 2.93. The molecule has 0 aromatic rings. The van der Waals surface area contributed by atoms with Crippen LogP contribution in [0.4, 0.5) is 0 Å². The zero-order valence-electron chi connectivity index (χ0n) is 5.74. The van der Waals surface area contributed by atoms with Crippen molar-refractivity contribution in [1.82, 2.24) is 0 Å². The molecule has 0 unspecified atom stereocenters. The SMILES string of the molecule is CS/C1=N/C/N=C\C=C=C1. The highest BCUT2D eigenvalue weighted by atomic mass is 32.2. The Hall–Kier alpha value is -0.790. The molecule has 1 aliphatic rings. The number of hydrogen-bond acceptors (Lipinski definition) is 3. The van der Waals surface area contributed by atoms with E-state index in [0.717, 1.165) is 5.04 Å². The van der Waals surface area contributed by atoms with Crippen LogP contribution in [-0.4, -0.2) is 24.2 Å². The Morgan fingerprint density at radius 2 is 2.60 bits per heavy atom. The van der Waals surface area contributed by atoms with Gasteiger partial charge in [0.2, 0.25) is 0 Å². The van der Waals surface area contributed by atoms with Crippen molar-refractivity contribution in [3.8, 4) is 0 Å². The summed E-state index contributed by atoms with van der Waals surface area (Å²) < 4.78 is 0. The van der Waals surface area contributed by atoms with E-state index in [-0.39, 0.29) is 0 Å². The minimum Gasteiger partial charge on any atom is -0.269 e. The van der Waals surface area contributed by atoms with E-state index in [1.165, 1.54) is 0 Å². The van der Waals surface area contributed by atoms with Crippen LogP contribution in [0.5, 0.6) is 0 Å². The van der Waals surface area contributed by atoms with E-state index in [1.807, 2.05) is 12.3 Å². The van der Waals surface area contributed by atoms with Crippen LogP contribution < -0.4 is 0 Å². The van der Waals surface area contributed by atoms with Gasteiger partial charge >= 0.3 is 0 Å². The highest BCUT2D eigenvalue weighted by molar-refractivity contribution is 8.13. The highest BCUT2D eigenvalue weighted by Crippen LogP contribution is 1.99. The molecular weight excluding hydrogens is 144 g/mol. The molecule has 0 aromatic heterocycles. The number of hydrogen-bond donors (Lipinski definition) is 0. The van der Waals surface area contributed by atoms with Crippen molar-refractivity contribution in [3.05, 3.63) is 17.9 Å². The van der Waals surface area contributed by atoms with Gasteiger partial charge < -0.3 is 0 Å². The number of aliphatic imine (C=N–C) groups is 2. The summed E-state index contributed by atoms with van der Waals surface area (Å²) in [4.78, 5) is 8.11. The van der Waals surface area contributed by atoms with Crippen LogP contribution in [0, 0.1) is 0 Å². The fraction of sp³-hybridized carbons (Fsp3) is 0.286. The molecule has 2 nitrogen and oxygen atoms in total. The second-order valence-electron chi connectivity index (χ2n) is 1.65. The fourth-order valence-corrected chi connectivity index (χ4v) is 0.915. The summed E-state index contributed by atoms with van der Waals surface area (Å²) >= 11 is 1.61. The number of thioether (sulfide) groups is 1. The molecule has 0 radical (unpaired) electrons. The Bertz CT molecular complexity index is 222. The summed E-state index contributed by atoms with van der Waals surface area (Å²) in [6, 6.07) is 0. The Morgan fingerprint density at radius 1 is 1.70 bits per heavy atom. The van der Waals surface area contributed by atoms with Gasteiger partial charge in [-0.1, -0.05) is 0 Å². The molecule has 0 N–H and O–H groups in total. The molecule has 1 aliphatic heterocycles. The van der Waals surface area contributed by atoms with Gasteiger partial charge in [0, 0.05) is 12.3 Å². The first-order chi connectivity index (χ1) is 4.93. The molecule has 1 rings (SSSR count). The van der Waals surface area contributed by atoms with Crippen molar-refractivity contribution in [1.29, 1.82) is 0 Å². The van der Waals surface area contributed by atoms with Crippen molar-refractivity contribution in [2.75, 3.05) is 12.9 Å². The van der Waals surface area contributed by atoms with E-state index >= 15 is 0 Å². The Morgan fingerprint density at radius 3 is 3.40 bits per heavy atom. The zero-order valence-corrected chi connectivity index (χ0v) is 6.56. The van der Waals surface area contributed by atoms with Crippen molar-refractivity contribution in [3.63, 3.8) is 0 Å². The summed E-state index contributed by atoms with van der Waals surface area (Å²) in [5.74, 6) is 0. The van der Waals surface area contributed by atoms with Crippen LogP contribution in [0.3, 0.4) is 0 Å². The summed E-state index contributed by atoms with van der Waals surface area (Å²) in [5, 5.41) is 0.980. The maximum atomic E-state index is 4.15. The normalized spacial score (nSPS) is 24.7. The van der Waals surface area contributed by atoms with Crippen LogP contribution >= 0.6 is 11.8 Å². The monoisotopic (exact) mass is 152 g/mol. The second-order valence-corrected chi connectivity index (χ2v) is 2.48. The average Bonchev–Trinajstić information content (AvgIpc) is 1.87. The maximum Gasteiger partial charge on any atom is 0.130 e. The molecule has 0 spiro atoms. The lowest BCUT2D eigenvalue weighted by Crippen LogP contribution is -1.88. The Kier molecular flexibility index (Phi) is 3.00. The molecule has 0 aliphatic carbocycles. The maximum absolute atomic E-state index is 4.15. The van der Waals surface area contributed by atoms with Gasteiger partial charge in [-0.25, -0.2) is 0 Å². The van der Waals surface area contributed by atoms with Gasteiger partial charge in [0.05, 0.1) is 0 Å². The molecule has 10 heavy (non-hydrogen) atoms. The lowest BCUT2D eigenvalue weighted by atomic mass is 10.5. The first-order valence-corrected chi connectivity index (χ1v) is 4.15. The van der Waals surface area contributed by atoms with Crippen LogP contribution in [0.1, 0.15) is 0 Å². The van der Waals surface area contributed by atoms with E-state index < -0.39 is 0 Å². The van der Waals surface area contributed by atoms with E-state index in [4.69, 9.17) is 0 Å². The average molecular weight is 152 g/mol. The molecule has 0 amide bonds. The van der Waals surface area contributed by atoms with Gasteiger partial charge in [0.15, 0.2) is 0 Å². The summed E-state index contributed by atoms with van der Waals surface area (Å²) in [7, 11) is 0. The summed E-state index contributed by atoms with van der Waals surface area (Å²) in [5.41, 5.74) is 2.94. The van der Waals surface area contributed by atoms with Crippen molar-refractivity contribution >= 4 is 23.0 Å². The van der Waals surface area contributed by atoms with Crippen molar-refractivity contribution in [2.24, 2.45) is 9.98 Å². The zero-order chi connectivity index (χ0) is 7.23. The van der Waals surface area contributed by atoms with Gasteiger partial charge in [-0.15, -0.1) is 17.5 Å². The minimum absolute atomic E-state index is 0.533. The molecule has 52 valence electrons. The third-order valence-corrected chi connectivity index (χ3v) is 1.67. The Labute approximate surface area is 64.5 Å².